The molecule has 1 amide bonds. The summed E-state index contributed by atoms with van der Waals surface area (Å²) in [4.78, 5) is 24.0. The first kappa shape index (κ1) is 21.9. The summed E-state index contributed by atoms with van der Waals surface area (Å²) in [5.74, 6) is 1.05. The zero-order valence-electron chi connectivity index (χ0n) is 18.9. The molecule has 1 saturated carbocycles. The van der Waals surface area contributed by atoms with Crippen LogP contribution < -0.4 is 15.5 Å². The largest absolute Gasteiger partial charge is 0.368 e. The Labute approximate surface area is 186 Å². The van der Waals surface area contributed by atoms with Gasteiger partial charge in [0.15, 0.2) is 5.96 Å². The Kier molecular flexibility index (Phi) is 7.67. The van der Waals surface area contributed by atoms with Crippen LogP contribution >= 0.6 is 0 Å². The van der Waals surface area contributed by atoms with Crippen molar-refractivity contribution in [2.75, 3.05) is 57.8 Å². The van der Waals surface area contributed by atoms with Gasteiger partial charge in [-0.3, -0.25) is 14.7 Å². The Morgan fingerprint density at radius 2 is 1.77 bits per heavy atom. The third-order valence-electron chi connectivity index (χ3n) is 7.01. The van der Waals surface area contributed by atoms with Crippen molar-refractivity contribution in [3.63, 3.8) is 0 Å². The first-order valence-electron chi connectivity index (χ1n) is 12.0. The highest BCUT2D eigenvalue weighted by molar-refractivity contribution is 5.81. The van der Waals surface area contributed by atoms with Crippen LogP contribution in [-0.2, 0) is 4.79 Å². The van der Waals surface area contributed by atoms with E-state index >= 15 is 0 Å². The van der Waals surface area contributed by atoms with E-state index in [0.29, 0.717) is 19.0 Å². The standard InChI is InChI=1S/C24H38N6O/c1-25-24(27-20-12-14-30(19-20)22-9-5-6-10-22)26-13-11-23(31)29-17-15-28(16-18-29)21-7-3-2-4-8-21/h2-4,7-8,20,22H,5-6,9-19H2,1H3,(H2,25,26,27). The fraction of sp³-hybridized carbons (Fsp3) is 0.667. The monoisotopic (exact) mass is 426 g/mol. The number of likely N-dealkylation sites (tertiary alicyclic amines) is 1. The van der Waals surface area contributed by atoms with Crippen molar-refractivity contribution in [1.82, 2.24) is 20.4 Å². The van der Waals surface area contributed by atoms with Crippen molar-refractivity contribution in [3.8, 4) is 0 Å². The first-order chi connectivity index (χ1) is 15.2. The number of piperazine rings is 1. The van der Waals surface area contributed by atoms with Gasteiger partial charge in [-0.05, 0) is 31.4 Å². The lowest BCUT2D eigenvalue weighted by Gasteiger charge is -2.36. The highest BCUT2D eigenvalue weighted by Gasteiger charge is 2.30. The van der Waals surface area contributed by atoms with E-state index < -0.39 is 0 Å². The number of hydrogen-bond donors (Lipinski definition) is 2. The Morgan fingerprint density at radius 3 is 2.48 bits per heavy atom. The summed E-state index contributed by atoms with van der Waals surface area (Å²) < 4.78 is 0. The average molecular weight is 427 g/mol. The zero-order chi connectivity index (χ0) is 21.5. The van der Waals surface area contributed by atoms with Gasteiger partial charge in [-0.25, -0.2) is 0 Å². The number of carbonyl (C=O) groups excluding carboxylic acids is 1. The van der Waals surface area contributed by atoms with Crippen LogP contribution in [0.25, 0.3) is 0 Å². The molecule has 31 heavy (non-hydrogen) atoms. The van der Waals surface area contributed by atoms with E-state index in [0.717, 1.165) is 44.7 Å². The molecule has 2 N–H and O–H groups in total. The third-order valence-corrected chi connectivity index (χ3v) is 7.01. The average Bonchev–Trinajstić information content (AvgIpc) is 3.51. The minimum absolute atomic E-state index is 0.226. The van der Waals surface area contributed by atoms with Crippen molar-refractivity contribution >= 4 is 17.6 Å². The maximum Gasteiger partial charge on any atom is 0.224 e. The first-order valence-corrected chi connectivity index (χ1v) is 12.0. The Hall–Kier alpha value is -2.28. The van der Waals surface area contributed by atoms with Gasteiger partial charge in [0.2, 0.25) is 5.91 Å². The second-order valence-electron chi connectivity index (χ2n) is 9.02. The molecule has 1 aromatic rings. The van der Waals surface area contributed by atoms with Crippen LogP contribution in [0.3, 0.4) is 0 Å². The number of para-hydroxylation sites is 1. The van der Waals surface area contributed by atoms with Gasteiger partial charge < -0.3 is 20.4 Å². The van der Waals surface area contributed by atoms with Crippen molar-refractivity contribution in [2.45, 2.75) is 50.6 Å². The molecule has 170 valence electrons. The van der Waals surface area contributed by atoms with E-state index in [1.807, 2.05) is 18.0 Å². The summed E-state index contributed by atoms with van der Waals surface area (Å²) in [5.41, 5.74) is 1.24. The van der Waals surface area contributed by atoms with Crippen molar-refractivity contribution in [3.05, 3.63) is 30.3 Å². The van der Waals surface area contributed by atoms with E-state index in [1.54, 1.807) is 0 Å². The molecule has 1 unspecified atom stereocenters. The van der Waals surface area contributed by atoms with E-state index in [1.165, 1.54) is 44.3 Å². The fourth-order valence-electron chi connectivity index (χ4n) is 5.19. The van der Waals surface area contributed by atoms with Crippen LogP contribution in [0.4, 0.5) is 5.69 Å². The summed E-state index contributed by atoms with van der Waals surface area (Å²) in [7, 11) is 1.81. The molecule has 7 heteroatoms. The molecule has 2 saturated heterocycles. The number of benzene rings is 1. The van der Waals surface area contributed by atoms with E-state index in [9.17, 15) is 4.79 Å². The number of carbonyl (C=O) groups is 1. The van der Waals surface area contributed by atoms with Crippen molar-refractivity contribution in [1.29, 1.82) is 0 Å². The van der Waals surface area contributed by atoms with E-state index in [2.05, 4.69) is 49.7 Å². The van der Waals surface area contributed by atoms with Crippen molar-refractivity contribution in [2.24, 2.45) is 4.99 Å². The number of nitrogens with zero attached hydrogens (tertiary/aromatic N) is 4. The van der Waals surface area contributed by atoms with Gasteiger partial charge in [0.25, 0.3) is 0 Å². The summed E-state index contributed by atoms with van der Waals surface area (Å²) in [6, 6.07) is 11.7. The Balaban J connectivity index is 1.14. The quantitative estimate of drug-likeness (QED) is 0.537. The van der Waals surface area contributed by atoms with Crippen LogP contribution in [0.2, 0.25) is 0 Å². The predicted octanol–water partition coefficient (Wildman–Crippen LogP) is 1.91. The lowest BCUT2D eigenvalue weighted by molar-refractivity contribution is -0.131. The van der Waals surface area contributed by atoms with Crippen LogP contribution in [0, 0.1) is 0 Å². The maximum absolute atomic E-state index is 12.6. The van der Waals surface area contributed by atoms with Crippen LogP contribution in [0.1, 0.15) is 38.5 Å². The topological polar surface area (TPSA) is 63.2 Å². The zero-order valence-corrected chi connectivity index (χ0v) is 18.9. The smallest absolute Gasteiger partial charge is 0.224 e. The fourth-order valence-corrected chi connectivity index (χ4v) is 5.19. The molecular formula is C24H38N6O. The number of guanidine groups is 1. The van der Waals surface area contributed by atoms with Crippen molar-refractivity contribution < 1.29 is 4.79 Å². The molecule has 4 rings (SSSR count). The number of amides is 1. The third kappa shape index (κ3) is 5.91. The predicted molar refractivity (Wildman–Crippen MR) is 127 cm³/mol. The summed E-state index contributed by atoms with van der Waals surface area (Å²) >= 11 is 0. The lowest BCUT2D eigenvalue weighted by atomic mass is 10.2. The summed E-state index contributed by atoms with van der Waals surface area (Å²) in [5, 5.41) is 6.91. The lowest BCUT2D eigenvalue weighted by Crippen LogP contribution is -2.50. The van der Waals surface area contributed by atoms with Crippen LogP contribution in [0.5, 0.6) is 0 Å². The molecule has 2 heterocycles. The minimum atomic E-state index is 0.226. The van der Waals surface area contributed by atoms with Gasteiger partial charge >= 0.3 is 0 Å². The Bertz CT molecular complexity index is 725. The number of anilines is 1. The molecule has 0 radical (unpaired) electrons. The second kappa shape index (κ2) is 10.8. The molecule has 2 aliphatic heterocycles. The number of hydrogen-bond acceptors (Lipinski definition) is 4. The molecule has 0 aromatic heterocycles. The van der Waals surface area contributed by atoms with Gasteiger partial charge in [0.1, 0.15) is 0 Å². The molecule has 1 aromatic carbocycles. The van der Waals surface area contributed by atoms with E-state index in [-0.39, 0.29) is 5.91 Å². The molecule has 3 fully saturated rings. The van der Waals surface area contributed by atoms with Gasteiger partial charge in [-0.1, -0.05) is 31.0 Å². The molecule has 1 atom stereocenters. The maximum atomic E-state index is 12.6. The highest BCUT2D eigenvalue weighted by atomic mass is 16.2. The summed E-state index contributed by atoms with van der Waals surface area (Å²) in [6.45, 7) is 6.29. The Morgan fingerprint density at radius 1 is 1.03 bits per heavy atom. The molecule has 3 aliphatic rings. The number of aliphatic imine (C=N–C) groups is 1. The molecule has 7 nitrogen and oxygen atoms in total. The minimum Gasteiger partial charge on any atom is -0.368 e. The molecular weight excluding hydrogens is 388 g/mol. The van der Waals surface area contributed by atoms with Gasteiger partial charge in [-0.2, -0.15) is 0 Å². The number of nitrogens with one attached hydrogen (secondary N) is 2. The van der Waals surface area contributed by atoms with Gasteiger partial charge in [-0.15, -0.1) is 0 Å². The second-order valence-corrected chi connectivity index (χ2v) is 9.02. The molecule has 0 spiro atoms. The molecule has 0 bridgehead atoms. The van der Waals surface area contributed by atoms with Gasteiger partial charge in [0.05, 0.1) is 0 Å². The highest BCUT2D eigenvalue weighted by Crippen LogP contribution is 2.26. The van der Waals surface area contributed by atoms with Crippen LogP contribution in [-0.4, -0.2) is 86.6 Å². The van der Waals surface area contributed by atoms with Gasteiger partial charge in [0, 0.05) is 77.1 Å². The molecule has 1 aliphatic carbocycles. The van der Waals surface area contributed by atoms with E-state index in [4.69, 9.17) is 0 Å². The van der Waals surface area contributed by atoms with Crippen LogP contribution in [0.15, 0.2) is 35.3 Å². The summed E-state index contributed by atoms with van der Waals surface area (Å²) in [6.07, 6.45) is 7.17. The number of rotatable bonds is 6. The SMILES string of the molecule is CN=C(NCCC(=O)N1CCN(c2ccccc2)CC1)NC1CCN(C2CCCC2)C1. The normalized spacial score (nSPS) is 23.4.